The average molecular weight is 577 g/mol. The van der Waals surface area contributed by atoms with E-state index in [1.54, 1.807) is 37.3 Å². The summed E-state index contributed by atoms with van der Waals surface area (Å²) in [7, 11) is -3.69. The van der Waals surface area contributed by atoms with Crippen LogP contribution in [0, 0.1) is 0 Å². The van der Waals surface area contributed by atoms with Crippen molar-refractivity contribution < 1.29 is 18.0 Å². The standard InChI is InChI=1S/C25H32Cl3N3O4S/c1-5-17(2)29-25(33)18(3)30(16-19-8-10-20(26)11-9-19)24(32)7-6-14-31(36(4,34)35)23-15-21(27)12-13-22(23)28/h8-13,15,17-18H,5-7,14,16H2,1-4H3,(H,29,33)/t17-,18-/m0/s1. The summed E-state index contributed by atoms with van der Waals surface area (Å²) in [4.78, 5) is 27.6. The number of hydrogen-bond donors (Lipinski definition) is 1. The molecule has 198 valence electrons. The summed E-state index contributed by atoms with van der Waals surface area (Å²) in [6.45, 7) is 5.77. The second kappa shape index (κ2) is 13.5. The van der Waals surface area contributed by atoms with Gasteiger partial charge in [0.05, 0.1) is 17.0 Å². The number of nitrogens with zero attached hydrogens (tertiary/aromatic N) is 2. The fraction of sp³-hybridized carbons (Fsp3) is 0.440. The van der Waals surface area contributed by atoms with E-state index in [-0.39, 0.29) is 54.5 Å². The van der Waals surface area contributed by atoms with E-state index >= 15 is 0 Å². The second-order valence-corrected chi connectivity index (χ2v) is 11.9. The molecule has 2 aromatic carbocycles. The molecule has 0 bridgehead atoms. The van der Waals surface area contributed by atoms with Crippen LogP contribution in [0.3, 0.4) is 0 Å². The normalized spacial score (nSPS) is 13.1. The molecular weight excluding hydrogens is 545 g/mol. The van der Waals surface area contributed by atoms with Gasteiger partial charge in [-0.25, -0.2) is 8.42 Å². The Balaban J connectivity index is 2.20. The zero-order valence-electron chi connectivity index (χ0n) is 20.8. The highest BCUT2D eigenvalue weighted by molar-refractivity contribution is 7.92. The molecule has 2 atom stereocenters. The summed E-state index contributed by atoms with van der Waals surface area (Å²) >= 11 is 18.3. The first-order valence-corrected chi connectivity index (χ1v) is 14.6. The van der Waals surface area contributed by atoms with Crippen molar-refractivity contribution in [1.82, 2.24) is 10.2 Å². The van der Waals surface area contributed by atoms with Crippen LogP contribution in [0.4, 0.5) is 5.69 Å². The van der Waals surface area contributed by atoms with E-state index in [4.69, 9.17) is 34.8 Å². The van der Waals surface area contributed by atoms with Crippen molar-refractivity contribution in [3.63, 3.8) is 0 Å². The minimum atomic E-state index is -3.69. The molecule has 0 fully saturated rings. The number of amides is 2. The van der Waals surface area contributed by atoms with Gasteiger partial charge in [-0.3, -0.25) is 13.9 Å². The van der Waals surface area contributed by atoms with Crippen molar-refractivity contribution in [1.29, 1.82) is 0 Å². The van der Waals surface area contributed by atoms with Crippen LogP contribution in [-0.2, 0) is 26.2 Å². The monoisotopic (exact) mass is 575 g/mol. The van der Waals surface area contributed by atoms with Crippen LogP contribution in [0.1, 0.15) is 45.6 Å². The number of benzene rings is 2. The maximum atomic E-state index is 13.3. The van der Waals surface area contributed by atoms with E-state index in [9.17, 15) is 18.0 Å². The molecule has 36 heavy (non-hydrogen) atoms. The Kier molecular flexibility index (Phi) is 11.3. The van der Waals surface area contributed by atoms with E-state index in [0.29, 0.717) is 10.0 Å². The molecule has 2 aromatic rings. The molecule has 2 rings (SSSR count). The molecule has 0 heterocycles. The van der Waals surface area contributed by atoms with E-state index < -0.39 is 16.1 Å². The fourth-order valence-corrected chi connectivity index (χ4v) is 5.03. The predicted molar refractivity (Wildman–Crippen MR) is 147 cm³/mol. The number of hydrogen-bond acceptors (Lipinski definition) is 4. The lowest BCUT2D eigenvalue weighted by Gasteiger charge is -2.30. The summed E-state index contributed by atoms with van der Waals surface area (Å²) in [6, 6.07) is 10.9. The van der Waals surface area contributed by atoms with Gasteiger partial charge in [0.1, 0.15) is 6.04 Å². The van der Waals surface area contributed by atoms with Gasteiger partial charge in [-0.1, -0.05) is 53.9 Å². The van der Waals surface area contributed by atoms with Gasteiger partial charge in [0.2, 0.25) is 21.8 Å². The van der Waals surface area contributed by atoms with E-state index in [1.807, 2.05) is 13.8 Å². The molecule has 2 amide bonds. The van der Waals surface area contributed by atoms with Gasteiger partial charge in [0, 0.05) is 35.6 Å². The van der Waals surface area contributed by atoms with Crippen LogP contribution in [0.15, 0.2) is 42.5 Å². The fourth-order valence-electron chi connectivity index (χ4n) is 3.49. The third-order valence-electron chi connectivity index (χ3n) is 5.76. The summed E-state index contributed by atoms with van der Waals surface area (Å²) in [6.07, 6.45) is 2.07. The van der Waals surface area contributed by atoms with Crippen molar-refractivity contribution in [3.05, 3.63) is 63.1 Å². The molecule has 0 aliphatic carbocycles. The SMILES string of the molecule is CC[C@H](C)NC(=O)[C@H](C)N(Cc1ccc(Cl)cc1)C(=O)CCCN(c1cc(Cl)ccc1Cl)S(C)(=O)=O. The van der Waals surface area contributed by atoms with Crippen LogP contribution >= 0.6 is 34.8 Å². The Bertz CT molecular complexity index is 1160. The molecule has 1 N–H and O–H groups in total. The van der Waals surface area contributed by atoms with Crippen LogP contribution in [0.5, 0.6) is 0 Å². The maximum absolute atomic E-state index is 13.3. The third-order valence-corrected chi connectivity index (χ3v) is 7.75. The topological polar surface area (TPSA) is 86.8 Å². The van der Waals surface area contributed by atoms with Gasteiger partial charge < -0.3 is 10.2 Å². The summed E-state index contributed by atoms with van der Waals surface area (Å²) < 4.78 is 26.1. The highest BCUT2D eigenvalue weighted by Gasteiger charge is 2.27. The third kappa shape index (κ3) is 8.83. The number of carbonyl (C=O) groups is 2. The number of halogens is 3. The molecule has 0 aromatic heterocycles. The lowest BCUT2D eigenvalue weighted by molar-refractivity contribution is -0.140. The minimum Gasteiger partial charge on any atom is -0.352 e. The predicted octanol–water partition coefficient (Wildman–Crippen LogP) is 5.53. The van der Waals surface area contributed by atoms with Crippen molar-refractivity contribution in [2.24, 2.45) is 0 Å². The van der Waals surface area contributed by atoms with Crippen molar-refractivity contribution >= 4 is 62.3 Å². The Morgan fingerprint density at radius 1 is 1.00 bits per heavy atom. The molecule has 0 aliphatic rings. The average Bonchev–Trinajstić information content (AvgIpc) is 2.81. The van der Waals surface area contributed by atoms with Crippen molar-refractivity contribution in [2.45, 2.75) is 58.7 Å². The number of rotatable bonds is 12. The molecule has 0 saturated carbocycles. The summed E-state index contributed by atoms with van der Waals surface area (Å²) in [5, 5.41) is 4.06. The van der Waals surface area contributed by atoms with Crippen LogP contribution in [-0.4, -0.2) is 50.0 Å². The lowest BCUT2D eigenvalue weighted by Crippen LogP contribution is -2.49. The first-order chi connectivity index (χ1) is 16.8. The molecule has 7 nitrogen and oxygen atoms in total. The smallest absolute Gasteiger partial charge is 0.242 e. The highest BCUT2D eigenvalue weighted by Crippen LogP contribution is 2.31. The van der Waals surface area contributed by atoms with E-state index in [1.165, 1.54) is 17.0 Å². The first kappa shape index (κ1) is 30.2. The molecule has 0 unspecified atom stereocenters. The lowest BCUT2D eigenvalue weighted by atomic mass is 10.1. The Morgan fingerprint density at radius 2 is 1.61 bits per heavy atom. The zero-order valence-corrected chi connectivity index (χ0v) is 23.9. The highest BCUT2D eigenvalue weighted by atomic mass is 35.5. The van der Waals surface area contributed by atoms with Gasteiger partial charge >= 0.3 is 0 Å². The molecule has 0 spiro atoms. The van der Waals surface area contributed by atoms with Crippen LogP contribution < -0.4 is 9.62 Å². The van der Waals surface area contributed by atoms with E-state index in [0.717, 1.165) is 22.5 Å². The number of sulfonamides is 1. The van der Waals surface area contributed by atoms with Gasteiger partial charge in [-0.05, 0) is 62.6 Å². The first-order valence-electron chi connectivity index (χ1n) is 11.6. The second-order valence-electron chi connectivity index (χ2n) is 8.68. The Morgan fingerprint density at radius 3 is 2.19 bits per heavy atom. The van der Waals surface area contributed by atoms with Gasteiger partial charge in [-0.2, -0.15) is 0 Å². The van der Waals surface area contributed by atoms with Crippen molar-refractivity contribution in [2.75, 3.05) is 17.1 Å². The molecule has 0 saturated heterocycles. The van der Waals surface area contributed by atoms with Crippen molar-refractivity contribution in [3.8, 4) is 0 Å². The molecule has 0 aliphatic heterocycles. The Hall–Kier alpha value is -2.00. The van der Waals surface area contributed by atoms with Gasteiger partial charge in [-0.15, -0.1) is 0 Å². The number of carbonyl (C=O) groups excluding carboxylic acids is 2. The van der Waals surface area contributed by atoms with Gasteiger partial charge in [0.15, 0.2) is 0 Å². The largest absolute Gasteiger partial charge is 0.352 e. The zero-order chi connectivity index (χ0) is 27.0. The van der Waals surface area contributed by atoms with E-state index in [2.05, 4.69) is 5.32 Å². The molecule has 11 heteroatoms. The molecule has 0 radical (unpaired) electrons. The summed E-state index contributed by atoms with van der Waals surface area (Å²) in [5.74, 6) is -0.530. The Labute approximate surface area is 228 Å². The number of nitrogens with one attached hydrogen (secondary N) is 1. The molecular formula is C25H32Cl3N3O4S. The number of anilines is 1. The summed E-state index contributed by atoms with van der Waals surface area (Å²) in [5.41, 5.74) is 1.07. The van der Waals surface area contributed by atoms with Crippen LogP contribution in [0.25, 0.3) is 0 Å². The van der Waals surface area contributed by atoms with Gasteiger partial charge in [0.25, 0.3) is 0 Å². The minimum absolute atomic E-state index is 0.0207. The van der Waals surface area contributed by atoms with Crippen LogP contribution in [0.2, 0.25) is 15.1 Å². The maximum Gasteiger partial charge on any atom is 0.242 e. The quantitative estimate of drug-likeness (QED) is 0.360.